The predicted molar refractivity (Wildman–Crippen MR) is 56.9 cm³/mol. The second-order valence-electron chi connectivity index (χ2n) is 3.29. The molecule has 0 unspecified atom stereocenters. The first-order valence-electron chi connectivity index (χ1n) is 4.54. The quantitative estimate of drug-likeness (QED) is 0.846. The largest absolute Gasteiger partial charge is 0.452 e. The number of hydrogen-bond acceptors (Lipinski definition) is 6. The fourth-order valence-corrected chi connectivity index (χ4v) is 3.02. The van der Waals surface area contributed by atoms with Gasteiger partial charge in [-0.3, -0.25) is 0 Å². The summed E-state index contributed by atoms with van der Waals surface area (Å²) in [5.41, 5.74) is -0.142. The van der Waals surface area contributed by atoms with Crippen LogP contribution in [0.1, 0.15) is 5.76 Å². The maximum Gasteiger partial charge on any atom is 0.452 e. The van der Waals surface area contributed by atoms with Gasteiger partial charge in [0.05, 0.1) is 4.88 Å². The van der Waals surface area contributed by atoms with Gasteiger partial charge in [0.2, 0.25) is 5.76 Å². The highest BCUT2D eigenvalue weighted by atomic mass is 32.2. The number of thiophene rings is 1. The highest BCUT2D eigenvalue weighted by molar-refractivity contribution is 7.91. The van der Waals surface area contributed by atoms with Gasteiger partial charge in [0, 0.05) is 6.07 Å². The van der Waals surface area contributed by atoms with Crippen molar-refractivity contribution in [3.63, 3.8) is 0 Å². The van der Waals surface area contributed by atoms with Crippen molar-refractivity contribution < 1.29 is 31.3 Å². The average Bonchev–Trinajstić information content (AvgIpc) is 2.96. The lowest BCUT2D eigenvalue weighted by Gasteiger charge is -1.97. The summed E-state index contributed by atoms with van der Waals surface area (Å²) in [4.78, 5) is 1.27. The summed E-state index contributed by atoms with van der Waals surface area (Å²) >= 11 is 0.641. The van der Waals surface area contributed by atoms with Crippen LogP contribution in [0.4, 0.5) is 13.2 Å². The minimum absolute atomic E-state index is 0.142. The van der Waals surface area contributed by atoms with Gasteiger partial charge in [-0.15, -0.1) is 11.3 Å². The highest BCUT2D eigenvalue weighted by Crippen LogP contribution is 2.35. The molecule has 0 saturated heterocycles. The molecule has 2 N–H and O–H groups in total. The first-order chi connectivity index (χ1) is 8.74. The van der Waals surface area contributed by atoms with E-state index in [-0.39, 0.29) is 14.8 Å². The van der Waals surface area contributed by atoms with E-state index in [0.29, 0.717) is 17.4 Å². The van der Waals surface area contributed by atoms with Crippen molar-refractivity contribution in [2.45, 2.75) is 10.4 Å². The molecule has 0 aromatic carbocycles. The molecule has 2 rings (SSSR count). The zero-order chi connectivity index (χ0) is 14.3. The van der Waals surface area contributed by atoms with E-state index < -0.39 is 22.0 Å². The number of alkyl halides is 3. The van der Waals surface area contributed by atoms with Crippen LogP contribution in [0, 0.1) is 0 Å². The van der Waals surface area contributed by atoms with Crippen molar-refractivity contribution in [3.05, 3.63) is 24.0 Å². The van der Waals surface area contributed by atoms with Crippen LogP contribution in [0.15, 0.2) is 26.9 Å². The standard InChI is InChI=1S/C8H5F3N2O4S2/c9-8(10,11)6-3-4(12-17-6)5-1-2-7(18-5)19(15,16)13-14/h1-3,13-14H. The van der Waals surface area contributed by atoms with Gasteiger partial charge in [-0.2, -0.15) is 13.2 Å². The lowest BCUT2D eigenvalue weighted by molar-refractivity contribution is -0.155. The van der Waals surface area contributed by atoms with E-state index in [9.17, 15) is 21.6 Å². The number of sulfonamides is 1. The molecule has 2 aromatic rings. The lowest BCUT2D eigenvalue weighted by Crippen LogP contribution is -2.17. The molecular formula is C8H5F3N2O4S2. The molecule has 0 aliphatic heterocycles. The van der Waals surface area contributed by atoms with Crippen LogP contribution >= 0.6 is 11.3 Å². The summed E-state index contributed by atoms with van der Waals surface area (Å²) in [6.45, 7) is 0. The molecule has 0 radical (unpaired) electrons. The first kappa shape index (κ1) is 14.0. The Bertz CT molecular complexity index is 689. The topological polar surface area (TPSA) is 92.4 Å². The number of nitrogens with one attached hydrogen (secondary N) is 1. The third kappa shape index (κ3) is 2.78. The molecule has 0 atom stereocenters. The zero-order valence-electron chi connectivity index (χ0n) is 8.80. The summed E-state index contributed by atoms with van der Waals surface area (Å²) in [6, 6.07) is 3.04. The van der Waals surface area contributed by atoms with Crippen molar-refractivity contribution in [2.75, 3.05) is 0 Å². The second-order valence-corrected chi connectivity index (χ2v) is 6.26. The van der Waals surface area contributed by atoms with Gasteiger partial charge < -0.3 is 9.73 Å². The van der Waals surface area contributed by atoms with E-state index >= 15 is 0 Å². The Morgan fingerprint density at radius 3 is 2.58 bits per heavy atom. The fourth-order valence-electron chi connectivity index (χ4n) is 1.17. The van der Waals surface area contributed by atoms with E-state index in [0.717, 1.165) is 11.0 Å². The maximum absolute atomic E-state index is 12.3. The molecule has 0 saturated carbocycles. The maximum atomic E-state index is 12.3. The van der Waals surface area contributed by atoms with Crippen LogP contribution in [0.2, 0.25) is 0 Å². The minimum Gasteiger partial charge on any atom is -0.351 e. The molecule has 0 aliphatic rings. The first-order valence-corrected chi connectivity index (χ1v) is 6.84. The summed E-state index contributed by atoms with van der Waals surface area (Å²) in [7, 11) is -4.06. The molecule has 0 amide bonds. The van der Waals surface area contributed by atoms with E-state index in [4.69, 9.17) is 5.21 Å². The summed E-state index contributed by atoms with van der Waals surface area (Å²) in [5, 5.41) is 11.6. The Hall–Kier alpha value is -1.43. The van der Waals surface area contributed by atoms with Gasteiger partial charge in [0.1, 0.15) is 9.90 Å². The number of rotatable bonds is 3. The smallest absolute Gasteiger partial charge is 0.351 e. The Morgan fingerprint density at radius 1 is 1.37 bits per heavy atom. The number of halogens is 3. The Balaban J connectivity index is 2.37. The van der Waals surface area contributed by atoms with Crippen LogP contribution in [-0.4, -0.2) is 18.8 Å². The molecular weight excluding hydrogens is 309 g/mol. The van der Waals surface area contributed by atoms with Crippen LogP contribution in [0.5, 0.6) is 0 Å². The fraction of sp³-hybridized carbons (Fsp3) is 0.125. The normalized spacial score (nSPS) is 12.8. The SMILES string of the molecule is O=S(=O)(NO)c1ccc(-c2cc(C(F)(F)F)on2)s1. The van der Waals surface area contributed by atoms with Crippen molar-refractivity contribution in [1.82, 2.24) is 10.0 Å². The molecule has 104 valence electrons. The van der Waals surface area contributed by atoms with Gasteiger partial charge in [0.25, 0.3) is 10.0 Å². The molecule has 19 heavy (non-hydrogen) atoms. The molecule has 2 heterocycles. The lowest BCUT2D eigenvalue weighted by atomic mass is 10.3. The van der Waals surface area contributed by atoms with E-state index in [1.807, 2.05) is 0 Å². The monoisotopic (exact) mass is 314 g/mol. The molecule has 2 aromatic heterocycles. The van der Waals surface area contributed by atoms with Crippen LogP contribution in [-0.2, 0) is 16.2 Å². The van der Waals surface area contributed by atoms with E-state index in [2.05, 4.69) is 9.68 Å². The third-order valence-corrected chi connectivity index (χ3v) is 4.73. The van der Waals surface area contributed by atoms with Gasteiger partial charge >= 0.3 is 6.18 Å². The Kier molecular flexibility index (Phi) is 3.38. The molecule has 0 fully saturated rings. The highest BCUT2D eigenvalue weighted by Gasteiger charge is 2.36. The Labute approximate surface area is 108 Å². The molecule has 11 heteroatoms. The van der Waals surface area contributed by atoms with Crippen LogP contribution in [0.3, 0.4) is 0 Å². The van der Waals surface area contributed by atoms with E-state index in [1.165, 1.54) is 6.07 Å². The van der Waals surface area contributed by atoms with Gasteiger partial charge in [-0.05, 0) is 12.1 Å². The van der Waals surface area contributed by atoms with Crippen molar-refractivity contribution >= 4 is 21.4 Å². The molecule has 6 nitrogen and oxygen atoms in total. The Morgan fingerprint density at radius 2 is 2.05 bits per heavy atom. The van der Waals surface area contributed by atoms with Crippen molar-refractivity contribution in [1.29, 1.82) is 0 Å². The minimum atomic E-state index is -4.66. The van der Waals surface area contributed by atoms with Crippen molar-refractivity contribution in [2.24, 2.45) is 0 Å². The molecule has 0 aliphatic carbocycles. The number of nitrogens with zero attached hydrogens (tertiary/aromatic N) is 1. The third-order valence-electron chi connectivity index (χ3n) is 2.01. The number of aromatic nitrogens is 1. The second kappa shape index (κ2) is 4.59. The van der Waals surface area contributed by atoms with Crippen molar-refractivity contribution in [3.8, 4) is 10.6 Å². The van der Waals surface area contributed by atoms with Gasteiger partial charge in [0.15, 0.2) is 0 Å². The van der Waals surface area contributed by atoms with Gasteiger partial charge in [-0.1, -0.05) is 10.0 Å². The zero-order valence-corrected chi connectivity index (χ0v) is 10.4. The molecule has 0 bridgehead atoms. The summed E-state index contributed by atoms with van der Waals surface area (Å²) in [6.07, 6.45) is -4.66. The average molecular weight is 314 g/mol. The summed E-state index contributed by atoms with van der Waals surface area (Å²) in [5.74, 6) is -1.28. The summed E-state index contributed by atoms with van der Waals surface area (Å²) < 4.78 is 63.2. The van der Waals surface area contributed by atoms with Crippen LogP contribution < -0.4 is 4.89 Å². The predicted octanol–water partition coefficient (Wildman–Crippen LogP) is 2.09. The van der Waals surface area contributed by atoms with Crippen LogP contribution in [0.25, 0.3) is 10.6 Å². The van der Waals surface area contributed by atoms with E-state index in [1.54, 1.807) is 0 Å². The number of hydrogen-bond donors (Lipinski definition) is 2. The van der Waals surface area contributed by atoms with Gasteiger partial charge in [-0.25, -0.2) is 8.42 Å². The molecule has 0 spiro atoms.